The average Bonchev–Trinajstić information content (AvgIpc) is 3.15. The molecular weight excluding hydrogens is 332 g/mol. The molecule has 0 saturated heterocycles. The lowest BCUT2D eigenvalue weighted by molar-refractivity contribution is 0.314. The van der Waals surface area contributed by atoms with Gasteiger partial charge >= 0.3 is 0 Å². The van der Waals surface area contributed by atoms with Crippen molar-refractivity contribution in [2.45, 2.75) is 30.5 Å². The molecule has 0 aliphatic heterocycles. The Morgan fingerprint density at radius 1 is 1.00 bits per heavy atom. The lowest BCUT2D eigenvalue weighted by Gasteiger charge is -2.29. The van der Waals surface area contributed by atoms with Gasteiger partial charge in [0, 0.05) is 17.0 Å². The molecule has 21 heavy (non-hydrogen) atoms. The number of methoxy groups -OCH3 is 3. The molecule has 2 saturated carbocycles. The molecule has 0 amide bonds. The van der Waals surface area contributed by atoms with Crippen molar-refractivity contribution >= 4 is 15.9 Å². The van der Waals surface area contributed by atoms with Crippen LogP contribution in [0, 0.1) is 17.8 Å². The van der Waals surface area contributed by atoms with E-state index in [-0.39, 0.29) is 4.83 Å². The molecule has 0 radical (unpaired) electrons. The van der Waals surface area contributed by atoms with E-state index in [9.17, 15) is 0 Å². The number of hydrogen-bond acceptors (Lipinski definition) is 3. The summed E-state index contributed by atoms with van der Waals surface area (Å²) in [4.78, 5) is 0.281. The van der Waals surface area contributed by atoms with Gasteiger partial charge in [0.15, 0.2) is 0 Å². The van der Waals surface area contributed by atoms with Crippen LogP contribution in [0.25, 0.3) is 0 Å². The fourth-order valence-corrected chi connectivity index (χ4v) is 5.27. The smallest absolute Gasteiger partial charge is 0.130 e. The van der Waals surface area contributed by atoms with Gasteiger partial charge in [-0.15, -0.1) is 0 Å². The van der Waals surface area contributed by atoms with Crippen molar-refractivity contribution in [1.82, 2.24) is 0 Å². The van der Waals surface area contributed by atoms with Crippen LogP contribution >= 0.6 is 15.9 Å². The molecular formula is C17H23BrO3. The Morgan fingerprint density at radius 2 is 1.67 bits per heavy atom. The number of halogens is 1. The number of hydrogen-bond donors (Lipinski definition) is 0. The molecule has 4 heteroatoms. The van der Waals surface area contributed by atoms with Crippen LogP contribution in [0.1, 0.15) is 36.1 Å². The van der Waals surface area contributed by atoms with Gasteiger partial charge in [-0.25, -0.2) is 0 Å². The molecule has 4 atom stereocenters. The third-order valence-corrected chi connectivity index (χ3v) is 6.33. The van der Waals surface area contributed by atoms with Crippen LogP contribution in [0.15, 0.2) is 12.1 Å². The van der Waals surface area contributed by atoms with Gasteiger partial charge in [0.1, 0.15) is 17.2 Å². The molecule has 3 rings (SSSR count). The predicted octanol–water partition coefficient (Wildman–Crippen LogP) is 4.58. The number of fused-ring (bicyclic) bond motifs is 2. The first-order chi connectivity index (χ1) is 10.2. The van der Waals surface area contributed by atoms with Gasteiger partial charge in [0.25, 0.3) is 0 Å². The van der Waals surface area contributed by atoms with Crippen LogP contribution < -0.4 is 14.2 Å². The molecule has 0 heterocycles. The van der Waals surface area contributed by atoms with E-state index in [2.05, 4.69) is 15.9 Å². The lowest BCUT2D eigenvalue weighted by Crippen LogP contribution is -2.16. The first-order valence-electron chi connectivity index (χ1n) is 7.61. The van der Waals surface area contributed by atoms with Crippen LogP contribution in [0.5, 0.6) is 17.2 Å². The number of alkyl halides is 1. The normalized spacial score (nSPS) is 28.5. The fraction of sp³-hybridized carbons (Fsp3) is 0.647. The van der Waals surface area contributed by atoms with Gasteiger partial charge in [0.05, 0.1) is 26.9 Å². The first kappa shape index (κ1) is 15.0. The highest BCUT2D eigenvalue weighted by molar-refractivity contribution is 9.09. The second kappa shape index (κ2) is 6.07. The average molecular weight is 355 g/mol. The summed E-state index contributed by atoms with van der Waals surface area (Å²) in [5.41, 5.74) is 1.12. The molecule has 3 nitrogen and oxygen atoms in total. The van der Waals surface area contributed by atoms with E-state index in [4.69, 9.17) is 14.2 Å². The van der Waals surface area contributed by atoms with Gasteiger partial charge in [-0.1, -0.05) is 22.4 Å². The van der Waals surface area contributed by atoms with Gasteiger partial charge in [-0.3, -0.25) is 0 Å². The highest BCUT2D eigenvalue weighted by atomic mass is 79.9. The van der Waals surface area contributed by atoms with E-state index in [0.717, 1.165) is 34.6 Å². The van der Waals surface area contributed by atoms with Gasteiger partial charge in [-0.2, -0.15) is 0 Å². The summed E-state index contributed by atoms with van der Waals surface area (Å²) in [7, 11) is 5.08. The van der Waals surface area contributed by atoms with Crippen molar-refractivity contribution in [1.29, 1.82) is 0 Å². The first-order valence-corrected chi connectivity index (χ1v) is 8.53. The Bertz CT molecular complexity index is 492. The van der Waals surface area contributed by atoms with Crippen molar-refractivity contribution in [2.75, 3.05) is 21.3 Å². The van der Waals surface area contributed by atoms with Crippen LogP contribution in [0.3, 0.4) is 0 Å². The van der Waals surface area contributed by atoms with E-state index >= 15 is 0 Å². The maximum Gasteiger partial charge on any atom is 0.130 e. The summed E-state index contributed by atoms with van der Waals surface area (Å²) < 4.78 is 16.5. The minimum Gasteiger partial charge on any atom is -0.496 e. The molecule has 0 aromatic heterocycles. The Kier molecular flexibility index (Phi) is 4.34. The maximum atomic E-state index is 5.60. The largest absolute Gasteiger partial charge is 0.496 e. The third kappa shape index (κ3) is 2.63. The summed E-state index contributed by atoms with van der Waals surface area (Å²) in [5.74, 6) is 4.90. The van der Waals surface area contributed by atoms with Crippen LogP contribution in [0.2, 0.25) is 0 Å². The van der Waals surface area contributed by atoms with Crippen LogP contribution in [0.4, 0.5) is 0 Å². The lowest BCUT2D eigenvalue weighted by atomic mass is 9.83. The molecule has 0 N–H and O–H groups in total. The van der Waals surface area contributed by atoms with E-state index in [1.54, 1.807) is 21.3 Å². The quantitative estimate of drug-likeness (QED) is 0.724. The molecule has 2 aliphatic carbocycles. The van der Waals surface area contributed by atoms with E-state index in [1.165, 1.54) is 25.7 Å². The number of ether oxygens (including phenoxy) is 3. The second-order valence-electron chi connectivity index (χ2n) is 6.19. The van der Waals surface area contributed by atoms with Crippen molar-refractivity contribution in [2.24, 2.45) is 17.8 Å². The van der Waals surface area contributed by atoms with Crippen molar-refractivity contribution in [3.05, 3.63) is 17.7 Å². The zero-order valence-electron chi connectivity index (χ0n) is 12.9. The Hall–Kier alpha value is -0.900. The summed E-state index contributed by atoms with van der Waals surface area (Å²) in [6, 6.07) is 3.89. The van der Waals surface area contributed by atoms with Crippen LogP contribution in [-0.2, 0) is 0 Å². The van der Waals surface area contributed by atoms with Crippen molar-refractivity contribution in [3.63, 3.8) is 0 Å². The van der Waals surface area contributed by atoms with Crippen molar-refractivity contribution in [3.8, 4) is 17.2 Å². The molecule has 116 valence electrons. The molecule has 2 bridgehead atoms. The summed E-state index contributed by atoms with van der Waals surface area (Å²) >= 11 is 3.94. The minimum atomic E-state index is 0.281. The number of rotatable bonds is 5. The van der Waals surface area contributed by atoms with Gasteiger partial charge < -0.3 is 14.2 Å². The van der Waals surface area contributed by atoms with Gasteiger partial charge in [0.2, 0.25) is 0 Å². The Balaban J connectivity index is 1.96. The molecule has 1 aromatic carbocycles. The molecule has 2 fully saturated rings. The van der Waals surface area contributed by atoms with Crippen LogP contribution in [-0.4, -0.2) is 21.3 Å². The molecule has 4 unspecified atom stereocenters. The van der Waals surface area contributed by atoms with E-state index < -0.39 is 0 Å². The molecule has 1 aromatic rings. The molecule has 0 spiro atoms. The monoisotopic (exact) mass is 354 g/mol. The highest BCUT2D eigenvalue weighted by Gasteiger charge is 2.44. The summed E-state index contributed by atoms with van der Waals surface area (Å²) in [5, 5.41) is 0. The SMILES string of the molecule is COc1cc(OC)c(C(Br)C2CC3CCC2C3)c(OC)c1. The van der Waals surface area contributed by atoms with E-state index in [1.807, 2.05) is 12.1 Å². The zero-order valence-corrected chi connectivity index (χ0v) is 14.5. The maximum absolute atomic E-state index is 5.60. The topological polar surface area (TPSA) is 27.7 Å². The second-order valence-corrected chi connectivity index (χ2v) is 7.17. The molecule has 2 aliphatic rings. The zero-order chi connectivity index (χ0) is 15.0. The summed E-state index contributed by atoms with van der Waals surface area (Å²) in [6.45, 7) is 0. The minimum absolute atomic E-state index is 0.281. The predicted molar refractivity (Wildman–Crippen MR) is 86.7 cm³/mol. The third-order valence-electron chi connectivity index (χ3n) is 5.20. The Morgan fingerprint density at radius 3 is 2.10 bits per heavy atom. The fourth-order valence-electron chi connectivity index (χ4n) is 4.17. The standard InChI is InChI=1S/C17H23BrO3/c1-19-12-8-14(20-2)16(15(9-12)21-3)17(18)13-7-10-4-5-11(13)6-10/h8-11,13,17H,4-7H2,1-3H3. The highest BCUT2D eigenvalue weighted by Crippen LogP contribution is 2.57. The van der Waals surface area contributed by atoms with Gasteiger partial charge in [-0.05, 0) is 37.0 Å². The number of benzene rings is 1. The Labute approximate surface area is 135 Å². The van der Waals surface area contributed by atoms with E-state index in [0.29, 0.717) is 5.92 Å². The summed E-state index contributed by atoms with van der Waals surface area (Å²) in [6.07, 6.45) is 5.50. The van der Waals surface area contributed by atoms with Crippen molar-refractivity contribution < 1.29 is 14.2 Å².